The monoisotopic (exact) mass is 390 g/mol. The Morgan fingerprint density at radius 3 is 2.31 bits per heavy atom. The highest BCUT2D eigenvalue weighted by Crippen LogP contribution is 2.32. The Kier molecular flexibility index (Phi) is 5.86. The number of rotatable bonds is 7. The van der Waals surface area contributed by atoms with Gasteiger partial charge in [-0.2, -0.15) is 0 Å². The highest BCUT2D eigenvalue weighted by atomic mass is 16.1. The van der Waals surface area contributed by atoms with E-state index in [0.29, 0.717) is 6.04 Å². The van der Waals surface area contributed by atoms with Crippen LogP contribution in [0.3, 0.4) is 0 Å². The molecule has 1 aliphatic rings. The van der Waals surface area contributed by atoms with Crippen molar-refractivity contribution in [2.24, 2.45) is 0 Å². The predicted octanol–water partition coefficient (Wildman–Crippen LogP) is 4.83. The Morgan fingerprint density at radius 2 is 1.59 bits per heavy atom. The van der Waals surface area contributed by atoms with Crippen LogP contribution in [0.2, 0.25) is 0 Å². The van der Waals surface area contributed by atoms with Crippen molar-refractivity contribution >= 4 is 28.0 Å². The van der Waals surface area contributed by atoms with Gasteiger partial charge < -0.3 is 20.1 Å². The van der Waals surface area contributed by atoms with Gasteiger partial charge in [-0.05, 0) is 74.8 Å². The number of nitrogens with one attached hydrogen (secondary N) is 2. The summed E-state index contributed by atoms with van der Waals surface area (Å²) in [7, 11) is 4.15. The fourth-order valence-corrected chi connectivity index (χ4v) is 4.13. The lowest BCUT2D eigenvalue weighted by Gasteiger charge is -2.18. The van der Waals surface area contributed by atoms with Crippen molar-refractivity contribution in [3.05, 3.63) is 65.0 Å². The molecule has 5 nitrogen and oxygen atoms in total. The summed E-state index contributed by atoms with van der Waals surface area (Å²) >= 11 is 0. The topological polar surface area (TPSA) is 49.3 Å². The summed E-state index contributed by atoms with van der Waals surface area (Å²) in [6, 6.07) is 18.6. The van der Waals surface area contributed by atoms with Crippen molar-refractivity contribution in [1.82, 2.24) is 9.47 Å². The Morgan fingerprint density at radius 1 is 0.931 bits per heavy atom. The van der Waals surface area contributed by atoms with E-state index in [1.54, 1.807) is 6.07 Å². The molecular formula is C24H30N4O. The molecule has 0 atom stereocenters. The lowest BCUT2D eigenvalue weighted by Crippen LogP contribution is -2.22. The Balaban J connectivity index is 1.54. The zero-order chi connectivity index (χ0) is 20.2. The average Bonchev–Trinajstić information content (AvgIpc) is 3.23. The molecule has 5 heteroatoms. The van der Waals surface area contributed by atoms with Crippen molar-refractivity contribution in [2.75, 3.05) is 37.8 Å². The van der Waals surface area contributed by atoms with E-state index in [0.717, 1.165) is 53.9 Å². The average molecular weight is 391 g/mol. The second kappa shape index (κ2) is 8.70. The number of pyridine rings is 1. The normalized spacial score (nSPS) is 14.6. The van der Waals surface area contributed by atoms with Crippen molar-refractivity contribution in [2.45, 2.75) is 31.7 Å². The fourth-order valence-electron chi connectivity index (χ4n) is 4.13. The minimum Gasteiger partial charge on any atom is -0.384 e. The molecule has 0 spiro atoms. The maximum atomic E-state index is 12.6. The third-order valence-electron chi connectivity index (χ3n) is 5.68. The number of hydrogen-bond acceptors (Lipinski definition) is 4. The van der Waals surface area contributed by atoms with Gasteiger partial charge >= 0.3 is 0 Å². The second-order valence-electron chi connectivity index (χ2n) is 8.19. The summed E-state index contributed by atoms with van der Waals surface area (Å²) in [5.74, 6) is 0. The van der Waals surface area contributed by atoms with Gasteiger partial charge in [0.25, 0.3) is 5.56 Å². The largest absolute Gasteiger partial charge is 0.384 e. The van der Waals surface area contributed by atoms with Crippen LogP contribution >= 0.6 is 0 Å². The third kappa shape index (κ3) is 4.62. The predicted molar refractivity (Wildman–Crippen MR) is 122 cm³/mol. The van der Waals surface area contributed by atoms with Crippen LogP contribution in [-0.4, -0.2) is 36.7 Å². The van der Waals surface area contributed by atoms with Gasteiger partial charge in [0.1, 0.15) is 0 Å². The zero-order valence-corrected chi connectivity index (χ0v) is 17.3. The van der Waals surface area contributed by atoms with Gasteiger partial charge in [0.2, 0.25) is 0 Å². The maximum absolute atomic E-state index is 12.6. The molecule has 1 fully saturated rings. The summed E-state index contributed by atoms with van der Waals surface area (Å²) < 4.78 is 2.01. The molecule has 29 heavy (non-hydrogen) atoms. The number of likely N-dealkylation sites (N-methyl/N-ethyl adjacent to an activating group) is 1. The second-order valence-corrected chi connectivity index (χ2v) is 8.19. The van der Waals surface area contributed by atoms with E-state index in [4.69, 9.17) is 0 Å². The molecule has 0 aliphatic heterocycles. The Hall–Kier alpha value is -2.79. The van der Waals surface area contributed by atoms with Crippen LogP contribution in [0.15, 0.2) is 59.4 Å². The number of hydrogen-bond donors (Lipinski definition) is 2. The van der Waals surface area contributed by atoms with E-state index < -0.39 is 0 Å². The SMILES string of the molecule is CN(C)CCNc1ccc(Nc2ccc3ccc(=O)n(C4CCCC4)c3c2)cc1. The van der Waals surface area contributed by atoms with E-state index in [-0.39, 0.29) is 5.56 Å². The summed E-state index contributed by atoms with van der Waals surface area (Å²) in [5.41, 5.74) is 4.29. The highest BCUT2D eigenvalue weighted by Gasteiger charge is 2.19. The molecule has 0 saturated heterocycles. The van der Waals surface area contributed by atoms with Gasteiger partial charge in [-0.25, -0.2) is 0 Å². The number of anilines is 3. The molecule has 0 unspecified atom stereocenters. The van der Waals surface area contributed by atoms with Crippen LogP contribution in [-0.2, 0) is 0 Å². The first-order chi connectivity index (χ1) is 14.1. The molecule has 1 aromatic heterocycles. The van der Waals surface area contributed by atoms with Gasteiger partial charge in [0.15, 0.2) is 0 Å². The van der Waals surface area contributed by atoms with Gasteiger partial charge in [0, 0.05) is 42.3 Å². The lowest BCUT2D eigenvalue weighted by molar-refractivity contribution is 0.425. The molecule has 152 valence electrons. The van der Waals surface area contributed by atoms with Crippen LogP contribution in [0.4, 0.5) is 17.1 Å². The molecular weight excluding hydrogens is 360 g/mol. The van der Waals surface area contributed by atoms with E-state index in [2.05, 4.69) is 72.1 Å². The maximum Gasteiger partial charge on any atom is 0.251 e. The van der Waals surface area contributed by atoms with Crippen LogP contribution in [0, 0.1) is 0 Å². The van der Waals surface area contributed by atoms with E-state index in [1.165, 1.54) is 12.8 Å². The van der Waals surface area contributed by atoms with Crippen LogP contribution in [0.5, 0.6) is 0 Å². The Bertz CT molecular complexity index is 1020. The molecule has 2 aromatic carbocycles. The van der Waals surface area contributed by atoms with Gasteiger partial charge in [-0.1, -0.05) is 18.9 Å². The van der Waals surface area contributed by atoms with E-state index in [1.807, 2.05) is 10.6 Å². The number of aromatic nitrogens is 1. The molecule has 0 bridgehead atoms. The minimum absolute atomic E-state index is 0.106. The molecule has 2 N–H and O–H groups in total. The van der Waals surface area contributed by atoms with Crippen molar-refractivity contribution in [3.8, 4) is 0 Å². The first-order valence-electron chi connectivity index (χ1n) is 10.5. The Labute approximate surface area is 172 Å². The zero-order valence-electron chi connectivity index (χ0n) is 17.3. The first kappa shape index (κ1) is 19.5. The van der Waals surface area contributed by atoms with Gasteiger partial charge in [0.05, 0.1) is 5.52 Å². The molecule has 1 heterocycles. The molecule has 4 rings (SSSR count). The van der Waals surface area contributed by atoms with E-state index >= 15 is 0 Å². The smallest absolute Gasteiger partial charge is 0.251 e. The van der Waals surface area contributed by atoms with Gasteiger partial charge in [-0.15, -0.1) is 0 Å². The lowest BCUT2D eigenvalue weighted by atomic mass is 10.1. The quantitative estimate of drug-likeness (QED) is 0.606. The minimum atomic E-state index is 0.106. The number of benzene rings is 2. The first-order valence-corrected chi connectivity index (χ1v) is 10.5. The number of nitrogens with zero attached hydrogens (tertiary/aromatic N) is 2. The van der Waals surface area contributed by atoms with Crippen LogP contribution in [0.1, 0.15) is 31.7 Å². The summed E-state index contributed by atoms with van der Waals surface area (Å²) in [6.45, 7) is 1.92. The molecule has 1 saturated carbocycles. The third-order valence-corrected chi connectivity index (χ3v) is 5.68. The van der Waals surface area contributed by atoms with Crippen molar-refractivity contribution < 1.29 is 0 Å². The molecule has 0 radical (unpaired) electrons. The van der Waals surface area contributed by atoms with Crippen molar-refractivity contribution in [1.29, 1.82) is 0 Å². The number of fused-ring (bicyclic) bond motifs is 1. The van der Waals surface area contributed by atoms with Crippen molar-refractivity contribution in [3.63, 3.8) is 0 Å². The summed E-state index contributed by atoms with van der Waals surface area (Å²) in [4.78, 5) is 14.7. The molecule has 1 aliphatic carbocycles. The van der Waals surface area contributed by atoms with Gasteiger partial charge in [-0.3, -0.25) is 4.79 Å². The van der Waals surface area contributed by atoms with E-state index in [9.17, 15) is 4.79 Å². The summed E-state index contributed by atoms with van der Waals surface area (Å²) in [5, 5.41) is 8.03. The standard InChI is InChI=1S/C24H30N4O/c1-27(2)16-15-25-19-10-12-20(13-11-19)26-21-9-7-18-8-14-24(29)28(23(18)17-21)22-5-3-4-6-22/h7-14,17,22,25-26H,3-6,15-16H2,1-2H3. The highest BCUT2D eigenvalue weighted by molar-refractivity contribution is 5.84. The molecule has 0 amide bonds. The van der Waals surface area contributed by atoms with Crippen LogP contribution in [0.25, 0.3) is 10.9 Å². The summed E-state index contributed by atoms with van der Waals surface area (Å²) in [6.07, 6.45) is 4.61. The molecule has 3 aromatic rings. The van der Waals surface area contributed by atoms with Crippen LogP contribution < -0.4 is 16.2 Å². The fraction of sp³-hybridized carbons (Fsp3) is 0.375.